The molecule has 0 heterocycles. The van der Waals surface area contributed by atoms with Crippen LogP contribution < -0.4 is 0 Å². The van der Waals surface area contributed by atoms with E-state index < -0.39 is 8.26 Å². The van der Waals surface area contributed by atoms with Crippen LogP contribution in [0.4, 0.5) is 0 Å². The highest BCUT2D eigenvalue weighted by molar-refractivity contribution is 9.13. The summed E-state index contributed by atoms with van der Waals surface area (Å²) in [5.41, 5.74) is 0.0530. The van der Waals surface area contributed by atoms with E-state index in [1.165, 1.54) is 0 Å². The molecule has 1 fully saturated rings. The van der Waals surface area contributed by atoms with Gasteiger partial charge in [0.05, 0.1) is 5.92 Å². The predicted octanol–water partition coefficient (Wildman–Crippen LogP) is 3.82. The minimum atomic E-state index is -1.29. The summed E-state index contributed by atoms with van der Waals surface area (Å²) in [7, 11) is 0. The third kappa shape index (κ3) is 3.26. The van der Waals surface area contributed by atoms with E-state index in [1.54, 1.807) is 0 Å². The minimum Gasteiger partial charge on any atom is -0.446 e. The van der Waals surface area contributed by atoms with Gasteiger partial charge >= 0.3 is 5.97 Å². The van der Waals surface area contributed by atoms with Gasteiger partial charge in [-0.15, -0.1) is 0 Å². The van der Waals surface area contributed by atoms with Crippen molar-refractivity contribution in [3.63, 3.8) is 0 Å². The molecular weight excluding hydrogens is 359 g/mol. The van der Waals surface area contributed by atoms with Gasteiger partial charge in [-0.1, -0.05) is 37.0 Å². The zero-order valence-corrected chi connectivity index (χ0v) is 12.4. The van der Waals surface area contributed by atoms with Crippen LogP contribution in [-0.4, -0.2) is 14.2 Å². The molecule has 0 radical (unpaired) electrons. The lowest BCUT2D eigenvalue weighted by Gasteiger charge is -2.19. The first kappa shape index (κ1) is 13.1. The van der Waals surface area contributed by atoms with Crippen LogP contribution >= 0.6 is 55.1 Å². The van der Waals surface area contributed by atoms with E-state index in [9.17, 15) is 4.79 Å². The molecule has 1 saturated carbocycles. The number of carbonyl (C=O) groups is 1. The number of carbonyl (C=O) groups excluding carboxylic acids is 1. The maximum atomic E-state index is 11.5. The fourth-order valence-electron chi connectivity index (χ4n) is 1.12. The van der Waals surface area contributed by atoms with Crippen LogP contribution in [-0.2, 0) is 9.53 Å². The molecule has 0 aliphatic heterocycles. The Bertz CT molecular complexity index is 250. The molecule has 0 aromatic rings. The third-order valence-electron chi connectivity index (χ3n) is 2.27. The molecule has 2 atom stereocenters. The topological polar surface area (TPSA) is 26.3 Å². The largest absolute Gasteiger partial charge is 0.446 e. The lowest BCUT2D eigenvalue weighted by atomic mass is 10.1. The maximum Gasteiger partial charge on any atom is 0.310 e. The van der Waals surface area contributed by atoms with Crippen molar-refractivity contribution >= 4 is 61.0 Å². The number of alkyl halides is 4. The summed E-state index contributed by atoms with van der Waals surface area (Å²) in [5.74, 6) is -0.298. The third-order valence-corrected chi connectivity index (χ3v) is 5.10. The second kappa shape index (κ2) is 4.11. The second-order valence-corrected chi connectivity index (χ2v) is 8.42. The smallest absolute Gasteiger partial charge is 0.310 e. The quantitative estimate of drug-likeness (QED) is 0.559. The molecule has 2 nitrogen and oxygen atoms in total. The Morgan fingerprint density at radius 3 is 2.36 bits per heavy atom. The standard InChI is InChI=1S/C8H10Br2Cl2O2/c1-7(2)3-4(7)5(13)14-6(9)8(10,11)12/h4,6H,3H2,1-2H3. The van der Waals surface area contributed by atoms with Gasteiger partial charge in [0.1, 0.15) is 0 Å². The number of halogens is 4. The van der Waals surface area contributed by atoms with E-state index in [-0.39, 0.29) is 17.3 Å². The second-order valence-electron chi connectivity index (χ2n) is 4.04. The van der Waals surface area contributed by atoms with Crippen LogP contribution in [0.2, 0.25) is 0 Å². The highest BCUT2D eigenvalue weighted by atomic mass is 79.9. The lowest BCUT2D eigenvalue weighted by Crippen LogP contribution is -2.26. The summed E-state index contributed by atoms with van der Waals surface area (Å²) < 4.78 is 3.75. The molecule has 82 valence electrons. The zero-order chi connectivity index (χ0) is 11.1. The van der Waals surface area contributed by atoms with Crippen molar-refractivity contribution in [1.29, 1.82) is 0 Å². The Morgan fingerprint density at radius 2 is 2.07 bits per heavy atom. The highest BCUT2D eigenvalue weighted by Crippen LogP contribution is 2.52. The van der Waals surface area contributed by atoms with Crippen LogP contribution in [0.15, 0.2) is 0 Å². The van der Waals surface area contributed by atoms with Crippen LogP contribution in [0.1, 0.15) is 20.3 Å². The summed E-state index contributed by atoms with van der Waals surface area (Å²) in [6, 6.07) is 0. The Hall–Kier alpha value is 1.01. The molecule has 0 aromatic carbocycles. The molecule has 6 heteroatoms. The molecule has 1 aliphatic carbocycles. The normalized spacial score (nSPS) is 26.9. The first-order valence-electron chi connectivity index (χ1n) is 4.06. The predicted molar refractivity (Wildman–Crippen MR) is 64.1 cm³/mol. The van der Waals surface area contributed by atoms with Crippen molar-refractivity contribution in [2.45, 2.75) is 28.5 Å². The van der Waals surface area contributed by atoms with Crippen molar-refractivity contribution in [2.75, 3.05) is 0 Å². The number of hydrogen-bond acceptors (Lipinski definition) is 2. The van der Waals surface area contributed by atoms with Crippen LogP contribution in [0, 0.1) is 11.3 Å². The summed E-state index contributed by atoms with van der Waals surface area (Å²) >= 11 is 17.4. The minimum absolute atomic E-state index is 0.0364. The summed E-state index contributed by atoms with van der Waals surface area (Å²) in [5, 5.41) is -0.748. The highest BCUT2D eigenvalue weighted by Gasteiger charge is 2.52. The van der Waals surface area contributed by atoms with Gasteiger partial charge in [-0.3, -0.25) is 4.79 Å². The number of esters is 1. The van der Waals surface area contributed by atoms with Crippen LogP contribution in [0.25, 0.3) is 0 Å². The van der Waals surface area contributed by atoms with E-state index in [2.05, 4.69) is 31.9 Å². The number of rotatable bonds is 3. The van der Waals surface area contributed by atoms with Gasteiger partial charge in [-0.05, 0) is 43.7 Å². The Balaban J connectivity index is 2.43. The molecule has 0 amide bonds. The van der Waals surface area contributed by atoms with Crippen LogP contribution in [0.3, 0.4) is 0 Å². The lowest BCUT2D eigenvalue weighted by molar-refractivity contribution is -0.147. The molecule has 0 bridgehead atoms. The van der Waals surface area contributed by atoms with Gasteiger partial charge in [-0.25, -0.2) is 0 Å². The zero-order valence-electron chi connectivity index (χ0n) is 7.69. The molecule has 1 aliphatic rings. The average Bonchev–Trinajstić information content (AvgIpc) is 2.57. The van der Waals surface area contributed by atoms with E-state index in [0.29, 0.717) is 0 Å². The molecule has 0 N–H and O–H groups in total. The van der Waals surface area contributed by atoms with Crippen molar-refractivity contribution in [1.82, 2.24) is 0 Å². The van der Waals surface area contributed by atoms with Gasteiger partial charge in [0, 0.05) is 0 Å². The van der Waals surface area contributed by atoms with E-state index >= 15 is 0 Å². The number of hydrogen-bond donors (Lipinski definition) is 0. The Labute approximate surface area is 110 Å². The molecule has 0 aromatic heterocycles. The first-order chi connectivity index (χ1) is 6.14. The van der Waals surface area contributed by atoms with Crippen molar-refractivity contribution < 1.29 is 9.53 Å². The Morgan fingerprint density at radius 1 is 1.64 bits per heavy atom. The molecule has 14 heavy (non-hydrogen) atoms. The molecule has 0 saturated heterocycles. The Kier molecular flexibility index (Phi) is 3.84. The fourth-order valence-corrected chi connectivity index (χ4v) is 1.49. The van der Waals surface area contributed by atoms with E-state index in [1.807, 2.05) is 13.8 Å². The summed E-state index contributed by atoms with van der Waals surface area (Å²) in [6.45, 7) is 4.04. The number of ether oxygens (including phenoxy) is 1. The van der Waals surface area contributed by atoms with E-state index in [0.717, 1.165) is 6.42 Å². The first-order valence-corrected chi connectivity index (χ1v) is 6.52. The molecule has 2 unspecified atom stereocenters. The molecule has 1 rings (SSSR count). The van der Waals surface area contributed by atoms with Gasteiger partial charge in [0.15, 0.2) is 5.01 Å². The summed E-state index contributed by atoms with van der Waals surface area (Å²) in [6.07, 6.45) is 0.853. The fraction of sp³-hybridized carbons (Fsp3) is 0.875. The van der Waals surface area contributed by atoms with Crippen molar-refractivity contribution in [3.8, 4) is 0 Å². The molecule has 0 spiro atoms. The maximum absolute atomic E-state index is 11.5. The van der Waals surface area contributed by atoms with Crippen molar-refractivity contribution in [3.05, 3.63) is 0 Å². The van der Waals surface area contributed by atoms with Crippen LogP contribution in [0.5, 0.6) is 0 Å². The average molecular weight is 369 g/mol. The van der Waals surface area contributed by atoms with Crippen molar-refractivity contribution in [2.24, 2.45) is 11.3 Å². The van der Waals surface area contributed by atoms with Gasteiger partial charge in [0.2, 0.25) is 3.24 Å². The van der Waals surface area contributed by atoms with Gasteiger partial charge in [-0.2, -0.15) is 0 Å². The van der Waals surface area contributed by atoms with E-state index in [4.69, 9.17) is 27.9 Å². The van der Waals surface area contributed by atoms with Gasteiger partial charge < -0.3 is 4.74 Å². The van der Waals surface area contributed by atoms with Gasteiger partial charge in [0.25, 0.3) is 0 Å². The molecular formula is C8H10Br2Cl2O2. The monoisotopic (exact) mass is 366 g/mol. The SMILES string of the molecule is CC1(C)CC1C(=O)OC(Br)C(Cl)(Cl)Br. The summed E-state index contributed by atoms with van der Waals surface area (Å²) in [4.78, 5) is 11.5.